The van der Waals surface area contributed by atoms with Crippen molar-refractivity contribution < 1.29 is 4.39 Å². The summed E-state index contributed by atoms with van der Waals surface area (Å²) in [7, 11) is 1.74. The standard InChI is InChI=1S/C8H9FN/c1-6-3-7(9)5-8(4-6)10-2/h3,5,10H,1-2H3. The fraction of sp³-hybridized carbons (Fsp3) is 0.250. The zero-order valence-electron chi connectivity index (χ0n) is 6.03. The van der Waals surface area contributed by atoms with Crippen LogP contribution < -0.4 is 5.32 Å². The van der Waals surface area contributed by atoms with Gasteiger partial charge in [-0.3, -0.25) is 0 Å². The molecule has 0 saturated heterocycles. The van der Waals surface area contributed by atoms with Crippen molar-refractivity contribution in [3.8, 4) is 0 Å². The van der Waals surface area contributed by atoms with E-state index in [9.17, 15) is 4.39 Å². The van der Waals surface area contributed by atoms with E-state index in [2.05, 4.69) is 11.4 Å². The summed E-state index contributed by atoms with van der Waals surface area (Å²) in [5.74, 6) is -0.222. The van der Waals surface area contributed by atoms with Gasteiger partial charge in [0.25, 0.3) is 0 Å². The Morgan fingerprint density at radius 1 is 1.50 bits per heavy atom. The molecule has 2 heteroatoms. The molecular formula is C8H9FN. The maximum Gasteiger partial charge on any atom is 0.125 e. The maximum absolute atomic E-state index is 12.6. The zero-order valence-corrected chi connectivity index (χ0v) is 6.03. The van der Waals surface area contributed by atoms with Gasteiger partial charge in [0.05, 0.1) is 0 Å². The van der Waals surface area contributed by atoms with E-state index in [0.717, 1.165) is 5.56 Å². The molecule has 10 heavy (non-hydrogen) atoms. The molecule has 0 aromatic heterocycles. The summed E-state index contributed by atoms with van der Waals surface area (Å²) in [6, 6.07) is 5.80. The first-order chi connectivity index (χ1) is 4.72. The van der Waals surface area contributed by atoms with Crippen LogP contribution in [0.3, 0.4) is 0 Å². The predicted octanol–water partition coefficient (Wildman–Crippen LogP) is 1.98. The van der Waals surface area contributed by atoms with Crippen LogP contribution in [0, 0.1) is 18.8 Å². The molecule has 0 saturated carbocycles. The van der Waals surface area contributed by atoms with E-state index in [4.69, 9.17) is 0 Å². The summed E-state index contributed by atoms with van der Waals surface area (Å²) in [5, 5.41) is 2.81. The van der Waals surface area contributed by atoms with Crippen molar-refractivity contribution in [2.45, 2.75) is 6.92 Å². The van der Waals surface area contributed by atoms with E-state index in [1.165, 1.54) is 12.1 Å². The first kappa shape index (κ1) is 7.06. The van der Waals surface area contributed by atoms with Gasteiger partial charge in [-0.15, -0.1) is 0 Å². The lowest BCUT2D eigenvalue weighted by molar-refractivity contribution is 0.627. The third-order valence-corrected chi connectivity index (χ3v) is 1.24. The van der Waals surface area contributed by atoms with E-state index in [1.807, 2.05) is 6.92 Å². The van der Waals surface area contributed by atoms with Gasteiger partial charge in [-0.25, -0.2) is 4.39 Å². The van der Waals surface area contributed by atoms with Crippen LogP contribution in [0.2, 0.25) is 0 Å². The Morgan fingerprint density at radius 3 is 2.70 bits per heavy atom. The van der Waals surface area contributed by atoms with Gasteiger partial charge in [-0.05, 0) is 24.6 Å². The highest BCUT2D eigenvalue weighted by Crippen LogP contribution is 2.10. The second-order valence-electron chi connectivity index (χ2n) is 2.15. The number of hydrogen-bond donors (Lipinski definition) is 1. The van der Waals surface area contributed by atoms with Crippen molar-refractivity contribution in [3.63, 3.8) is 0 Å². The number of nitrogens with one attached hydrogen (secondary N) is 1. The minimum absolute atomic E-state index is 0.222. The van der Waals surface area contributed by atoms with Gasteiger partial charge >= 0.3 is 0 Å². The van der Waals surface area contributed by atoms with Crippen molar-refractivity contribution >= 4 is 5.69 Å². The first-order valence-corrected chi connectivity index (χ1v) is 3.09. The van der Waals surface area contributed by atoms with Crippen molar-refractivity contribution in [3.05, 3.63) is 29.6 Å². The molecule has 1 rings (SSSR count). The summed E-state index contributed by atoms with van der Waals surface area (Å²) < 4.78 is 12.6. The van der Waals surface area contributed by atoms with Crippen molar-refractivity contribution in [2.24, 2.45) is 0 Å². The number of aryl methyl sites for hydroxylation is 1. The van der Waals surface area contributed by atoms with E-state index in [1.54, 1.807) is 7.05 Å². The van der Waals surface area contributed by atoms with Gasteiger partial charge in [0.15, 0.2) is 0 Å². The Labute approximate surface area is 59.9 Å². The van der Waals surface area contributed by atoms with Crippen LogP contribution in [0.4, 0.5) is 10.1 Å². The average molecular weight is 138 g/mol. The third kappa shape index (κ3) is 1.47. The molecular weight excluding hydrogens is 129 g/mol. The maximum atomic E-state index is 12.6. The van der Waals surface area contributed by atoms with Crippen LogP contribution in [0.1, 0.15) is 5.56 Å². The summed E-state index contributed by atoms with van der Waals surface area (Å²) in [6.45, 7) is 1.81. The van der Waals surface area contributed by atoms with Crippen LogP contribution >= 0.6 is 0 Å². The second kappa shape index (κ2) is 2.69. The third-order valence-electron chi connectivity index (χ3n) is 1.24. The minimum Gasteiger partial charge on any atom is -0.388 e. The molecule has 0 bridgehead atoms. The fourth-order valence-corrected chi connectivity index (χ4v) is 0.806. The van der Waals surface area contributed by atoms with Crippen molar-refractivity contribution in [1.82, 2.24) is 0 Å². The van der Waals surface area contributed by atoms with Crippen LogP contribution in [-0.2, 0) is 0 Å². The highest BCUT2D eigenvalue weighted by atomic mass is 19.1. The van der Waals surface area contributed by atoms with E-state index >= 15 is 0 Å². The normalized spacial score (nSPS) is 9.50. The van der Waals surface area contributed by atoms with E-state index < -0.39 is 0 Å². The van der Waals surface area contributed by atoms with Crippen LogP contribution in [-0.4, -0.2) is 7.05 Å². The van der Waals surface area contributed by atoms with Crippen LogP contribution in [0.25, 0.3) is 0 Å². The summed E-state index contributed by atoms with van der Waals surface area (Å²) in [5.41, 5.74) is 1.50. The Kier molecular flexibility index (Phi) is 1.90. The lowest BCUT2D eigenvalue weighted by Gasteiger charge is -1.99. The first-order valence-electron chi connectivity index (χ1n) is 3.09. The fourth-order valence-electron chi connectivity index (χ4n) is 0.806. The number of hydrogen-bond acceptors (Lipinski definition) is 1. The summed E-state index contributed by atoms with van der Waals surface area (Å²) >= 11 is 0. The molecule has 1 radical (unpaired) electrons. The highest BCUT2D eigenvalue weighted by Gasteiger charge is 1.94. The number of rotatable bonds is 1. The SMILES string of the molecule is CNc1[c]c(C)cc(F)c1. The molecule has 0 fully saturated rings. The molecule has 0 spiro atoms. The van der Waals surface area contributed by atoms with Gasteiger partial charge < -0.3 is 5.32 Å². The predicted molar refractivity (Wildman–Crippen MR) is 39.5 cm³/mol. The summed E-state index contributed by atoms with van der Waals surface area (Å²) in [6.07, 6.45) is 0. The molecule has 1 aromatic carbocycles. The van der Waals surface area contributed by atoms with Gasteiger partial charge in [0.1, 0.15) is 5.82 Å². The molecule has 0 aliphatic rings. The quantitative estimate of drug-likeness (QED) is 0.625. The van der Waals surface area contributed by atoms with Gasteiger partial charge in [0.2, 0.25) is 0 Å². The Bertz CT molecular complexity index is 212. The summed E-state index contributed by atoms with van der Waals surface area (Å²) in [4.78, 5) is 0. The van der Waals surface area contributed by atoms with Gasteiger partial charge in [0, 0.05) is 18.8 Å². The highest BCUT2D eigenvalue weighted by molar-refractivity contribution is 5.43. The monoisotopic (exact) mass is 138 g/mol. The topological polar surface area (TPSA) is 12.0 Å². The lowest BCUT2D eigenvalue weighted by atomic mass is 10.2. The molecule has 0 atom stereocenters. The van der Waals surface area contributed by atoms with Crippen LogP contribution in [0.5, 0.6) is 0 Å². The molecule has 1 aromatic rings. The lowest BCUT2D eigenvalue weighted by Crippen LogP contribution is -1.89. The van der Waals surface area contributed by atoms with E-state index in [-0.39, 0.29) is 5.82 Å². The largest absolute Gasteiger partial charge is 0.388 e. The molecule has 0 amide bonds. The molecule has 0 heterocycles. The molecule has 53 valence electrons. The smallest absolute Gasteiger partial charge is 0.125 e. The zero-order chi connectivity index (χ0) is 7.56. The molecule has 1 N–H and O–H groups in total. The molecule has 0 aliphatic heterocycles. The minimum atomic E-state index is -0.222. The van der Waals surface area contributed by atoms with Crippen LogP contribution in [0.15, 0.2) is 12.1 Å². The number of anilines is 1. The molecule has 1 nitrogen and oxygen atoms in total. The average Bonchev–Trinajstić information content (AvgIpc) is 1.85. The molecule has 0 aliphatic carbocycles. The second-order valence-corrected chi connectivity index (χ2v) is 2.15. The van der Waals surface area contributed by atoms with Gasteiger partial charge in [-0.2, -0.15) is 0 Å². The van der Waals surface area contributed by atoms with Crippen molar-refractivity contribution in [2.75, 3.05) is 12.4 Å². The Morgan fingerprint density at radius 2 is 2.20 bits per heavy atom. The Hall–Kier alpha value is -1.05. The van der Waals surface area contributed by atoms with Crippen molar-refractivity contribution in [1.29, 1.82) is 0 Å². The number of halogens is 1. The van der Waals surface area contributed by atoms with E-state index in [0.29, 0.717) is 5.69 Å². The van der Waals surface area contributed by atoms with Gasteiger partial charge in [-0.1, -0.05) is 0 Å². The molecule has 0 unspecified atom stereocenters. The number of benzene rings is 1. The Balaban J connectivity index is 3.06.